The third-order valence-corrected chi connectivity index (χ3v) is 2.49. The lowest BCUT2D eigenvalue weighted by Crippen LogP contribution is -2.08. The second-order valence-corrected chi connectivity index (χ2v) is 4.14. The lowest BCUT2D eigenvalue weighted by molar-refractivity contribution is -0.114. The van der Waals surface area contributed by atoms with Crippen molar-refractivity contribution in [3.63, 3.8) is 0 Å². The van der Waals surface area contributed by atoms with Gasteiger partial charge in [0.25, 0.3) is 0 Å². The summed E-state index contributed by atoms with van der Waals surface area (Å²) in [6.45, 7) is 1.42. The van der Waals surface area contributed by atoms with Crippen molar-refractivity contribution in [1.29, 1.82) is 0 Å². The Bertz CT molecular complexity index is 617. The van der Waals surface area contributed by atoms with E-state index in [4.69, 9.17) is 9.84 Å². The molecule has 2 N–H and O–H groups in total. The van der Waals surface area contributed by atoms with Gasteiger partial charge in [0.05, 0.1) is 5.56 Å². The van der Waals surface area contributed by atoms with Crippen LogP contribution >= 0.6 is 0 Å². The third-order valence-electron chi connectivity index (χ3n) is 2.49. The number of esters is 1. The molecule has 2 aromatic carbocycles. The number of carbonyl (C=O) groups is 2. The Kier molecular flexibility index (Phi) is 4.00. The highest BCUT2D eigenvalue weighted by molar-refractivity contribution is 5.91. The van der Waals surface area contributed by atoms with Gasteiger partial charge in [0, 0.05) is 12.6 Å². The molecule has 0 aliphatic rings. The Hall–Kier alpha value is -2.82. The normalized spacial score (nSPS) is 9.85. The molecule has 0 bridgehead atoms. The molecule has 0 atom stereocenters. The fourth-order valence-corrected chi connectivity index (χ4v) is 1.57. The van der Waals surface area contributed by atoms with Crippen molar-refractivity contribution in [2.45, 2.75) is 6.92 Å². The van der Waals surface area contributed by atoms with Crippen LogP contribution in [-0.4, -0.2) is 17.0 Å². The van der Waals surface area contributed by atoms with Gasteiger partial charge in [-0.2, -0.15) is 0 Å². The van der Waals surface area contributed by atoms with E-state index in [1.165, 1.54) is 31.2 Å². The number of phenolic OH excluding ortho intramolecular Hbond substituents is 1. The second kappa shape index (κ2) is 5.88. The highest BCUT2D eigenvalue weighted by Crippen LogP contribution is 2.18. The van der Waals surface area contributed by atoms with E-state index in [0.29, 0.717) is 17.0 Å². The maximum atomic E-state index is 11.8. The molecule has 1 amide bonds. The summed E-state index contributed by atoms with van der Waals surface area (Å²) in [6.07, 6.45) is 0. The van der Waals surface area contributed by atoms with Crippen LogP contribution in [0.3, 0.4) is 0 Å². The van der Waals surface area contributed by atoms with E-state index in [0.717, 1.165) is 0 Å². The molecule has 0 radical (unpaired) electrons. The molecule has 0 fully saturated rings. The van der Waals surface area contributed by atoms with Gasteiger partial charge in [-0.25, -0.2) is 4.79 Å². The molecule has 0 unspecified atom stereocenters. The smallest absolute Gasteiger partial charge is 0.343 e. The molecule has 5 heteroatoms. The van der Waals surface area contributed by atoms with Gasteiger partial charge in [0.1, 0.15) is 11.5 Å². The highest BCUT2D eigenvalue weighted by Gasteiger charge is 2.08. The fraction of sp³-hybridized carbons (Fsp3) is 0.0667. The lowest BCUT2D eigenvalue weighted by atomic mass is 10.2. The minimum atomic E-state index is -0.516. The molecule has 0 spiro atoms. The van der Waals surface area contributed by atoms with Crippen molar-refractivity contribution < 1.29 is 19.4 Å². The quantitative estimate of drug-likeness (QED) is 0.664. The van der Waals surface area contributed by atoms with Crippen LogP contribution in [0.4, 0.5) is 5.69 Å². The predicted octanol–water partition coefficient (Wildman–Crippen LogP) is 2.57. The van der Waals surface area contributed by atoms with E-state index in [2.05, 4.69) is 5.32 Å². The summed E-state index contributed by atoms with van der Waals surface area (Å²) in [5, 5.41) is 11.8. The van der Waals surface area contributed by atoms with Crippen molar-refractivity contribution in [2.24, 2.45) is 0 Å². The number of hydrogen-bond donors (Lipinski definition) is 2. The van der Waals surface area contributed by atoms with Crippen LogP contribution in [0.5, 0.6) is 11.5 Å². The maximum absolute atomic E-state index is 11.8. The van der Waals surface area contributed by atoms with Crippen molar-refractivity contribution in [3.8, 4) is 11.5 Å². The number of nitrogens with one attached hydrogen (secondary N) is 1. The summed E-state index contributed by atoms with van der Waals surface area (Å²) in [4.78, 5) is 22.7. The minimum absolute atomic E-state index is 0.0845. The monoisotopic (exact) mass is 271 g/mol. The predicted molar refractivity (Wildman–Crippen MR) is 73.8 cm³/mol. The van der Waals surface area contributed by atoms with Gasteiger partial charge in [-0.1, -0.05) is 0 Å². The summed E-state index contributed by atoms with van der Waals surface area (Å²) in [5.74, 6) is -0.227. The second-order valence-electron chi connectivity index (χ2n) is 4.14. The number of rotatable bonds is 3. The Labute approximate surface area is 115 Å². The SMILES string of the molecule is CC(=O)Nc1ccc(OC(=O)c2ccc(O)cc2)cc1. The number of amides is 1. The van der Waals surface area contributed by atoms with Crippen molar-refractivity contribution in [3.05, 3.63) is 54.1 Å². The van der Waals surface area contributed by atoms with Crippen LogP contribution in [0.25, 0.3) is 0 Å². The van der Waals surface area contributed by atoms with Gasteiger partial charge in [-0.15, -0.1) is 0 Å². The zero-order valence-corrected chi connectivity index (χ0v) is 10.8. The molecular formula is C15H13NO4. The molecule has 2 rings (SSSR count). The first-order chi connectivity index (χ1) is 9.54. The van der Waals surface area contributed by atoms with Gasteiger partial charge in [-0.05, 0) is 48.5 Å². The van der Waals surface area contributed by atoms with Crippen LogP contribution in [0.15, 0.2) is 48.5 Å². The Morgan fingerprint density at radius 1 is 1.00 bits per heavy atom. The standard InChI is InChI=1S/C15H13NO4/c1-10(17)16-12-4-8-14(9-5-12)20-15(19)11-2-6-13(18)7-3-11/h2-9,18H,1H3,(H,16,17). The van der Waals surface area contributed by atoms with Crippen LogP contribution in [-0.2, 0) is 4.79 Å². The number of ether oxygens (including phenoxy) is 1. The van der Waals surface area contributed by atoms with E-state index in [-0.39, 0.29) is 11.7 Å². The number of aromatic hydroxyl groups is 1. The van der Waals surface area contributed by atoms with Crippen LogP contribution < -0.4 is 10.1 Å². The summed E-state index contributed by atoms with van der Waals surface area (Å²) >= 11 is 0. The van der Waals surface area contributed by atoms with E-state index in [1.807, 2.05) is 0 Å². The number of carbonyl (C=O) groups excluding carboxylic acids is 2. The molecule has 0 aliphatic carbocycles. The van der Waals surface area contributed by atoms with Crippen LogP contribution in [0.1, 0.15) is 17.3 Å². The van der Waals surface area contributed by atoms with Gasteiger partial charge in [-0.3, -0.25) is 4.79 Å². The van der Waals surface area contributed by atoms with Gasteiger partial charge in [0.15, 0.2) is 0 Å². The summed E-state index contributed by atoms with van der Waals surface area (Å²) in [7, 11) is 0. The molecule has 102 valence electrons. The van der Waals surface area contributed by atoms with E-state index < -0.39 is 5.97 Å². The molecule has 0 aromatic heterocycles. The molecule has 2 aromatic rings. The lowest BCUT2D eigenvalue weighted by Gasteiger charge is -2.06. The molecule has 0 saturated heterocycles. The maximum Gasteiger partial charge on any atom is 0.343 e. The molecule has 5 nitrogen and oxygen atoms in total. The minimum Gasteiger partial charge on any atom is -0.508 e. The van der Waals surface area contributed by atoms with Gasteiger partial charge < -0.3 is 15.2 Å². The number of phenols is 1. The number of anilines is 1. The van der Waals surface area contributed by atoms with Crippen molar-refractivity contribution in [2.75, 3.05) is 5.32 Å². The molecule has 0 saturated carbocycles. The summed E-state index contributed by atoms with van der Waals surface area (Å²) < 4.78 is 5.17. The van der Waals surface area contributed by atoms with Gasteiger partial charge in [0.2, 0.25) is 5.91 Å². The first-order valence-electron chi connectivity index (χ1n) is 5.93. The van der Waals surface area contributed by atoms with Crippen LogP contribution in [0, 0.1) is 0 Å². The van der Waals surface area contributed by atoms with E-state index >= 15 is 0 Å². The third kappa shape index (κ3) is 3.58. The topological polar surface area (TPSA) is 75.6 Å². The first kappa shape index (κ1) is 13.6. The zero-order chi connectivity index (χ0) is 14.5. The average Bonchev–Trinajstić information content (AvgIpc) is 2.41. The largest absolute Gasteiger partial charge is 0.508 e. The molecule has 20 heavy (non-hydrogen) atoms. The van der Waals surface area contributed by atoms with Crippen LogP contribution in [0.2, 0.25) is 0 Å². The highest BCUT2D eigenvalue weighted by atomic mass is 16.5. The number of benzene rings is 2. The molecule has 0 heterocycles. The Morgan fingerprint density at radius 3 is 2.15 bits per heavy atom. The first-order valence-corrected chi connectivity index (χ1v) is 5.93. The average molecular weight is 271 g/mol. The number of hydrogen-bond acceptors (Lipinski definition) is 4. The summed E-state index contributed by atoms with van der Waals surface area (Å²) in [6, 6.07) is 12.2. The van der Waals surface area contributed by atoms with Crippen molar-refractivity contribution in [1.82, 2.24) is 0 Å². The summed E-state index contributed by atoms with van der Waals surface area (Å²) in [5.41, 5.74) is 0.968. The fourth-order valence-electron chi connectivity index (χ4n) is 1.57. The van der Waals surface area contributed by atoms with Crippen molar-refractivity contribution >= 4 is 17.6 Å². The van der Waals surface area contributed by atoms with Gasteiger partial charge >= 0.3 is 5.97 Å². The van der Waals surface area contributed by atoms with E-state index in [9.17, 15) is 9.59 Å². The zero-order valence-electron chi connectivity index (χ0n) is 10.8. The molecule has 0 aliphatic heterocycles. The van der Waals surface area contributed by atoms with E-state index in [1.54, 1.807) is 24.3 Å². The Balaban J connectivity index is 2.04. The molecular weight excluding hydrogens is 258 g/mol. The Morgan fingerprint density at radius 2 is 1.60 bits per heavy atom.